The molecule has 0 radical (unpaired) electrons. The van der Waals surface area contributed by atoms with E-state index in [1.54, 1.807) is 19.1 Å². The third-order valence-corrected chi connectivity index (χ3v) is 3.12. The van der Waals surface area contributed by atoms with E-state index in [0.717, 1.165) is 0 Å². The van der Waals surface area contributed by atoms with Crippen LogP contribution in [0.3, 0.4) is 0 Å². The fraction of sp³-hybridized carbons (Fsp3) is 0.0909. The predicted octanol–water partition coefficient (Wildman–Crippen LogP) is 3.90. The van der Waals surface area contributed by atoms with E-state index in [9.17, 15) is 10.1 Å². The maximum atomic E-state index is 10.8. The minimum Gasteiger partial charge on any atom is -0.437 e. The van der Waals surface area contributed by atoms with E-state index in [1.165, 1.54) is 12.1 Å². The van der Waals surface area contributed by atoms with Crippen molar-refractivity contribution in [1.29, 1.82) is 0 Å². The van der Waals surface area contributed by atoms with Gasteiger partial charge in [-0.3, -0.25) is 10.1 Å². The molecule has 0 unspecified atom stereocenters. The average molecular weight is 345 g/mol. The number of halogens is 2. The van der Waals surface area contributed by atoms with Crippen LogP contribution in [0.25, 0.3) is 0 Å². The summed E-state index contributed by atoms with van der Waals surface area (Å²) in [5.74, 6) is 0.502. The van der Waals surface area contributed by atoms with Crippen LogP contribution in [0.15, 0.2) is 28.7 Å². The van der Waals surface area contributed by atoms with Crippen LogP contribution in [-0.2, 0) is 0 Å². The summed E-state index contributed by atoms with van der Waals surface area (Å²) in [5, 5.41) is 10.9. The number of ether oxygens (including phenoxy) is 1. The molecule has 0 aliphatic carbocycles. The molecule has 0 aliphatic rings. The maximum Gasteiger partial charge on any atom is 0.287 e. The van der Waals surface area contributed by atoms with Crippen LogP contribution in [-0.4, -0.2) is 14.9 Å². The molecule has 98 valence electrons. The molecule has 0 atom stereocenters. The summed E-state index contributed by atoms with van der Waals surface area (Å²) in [6.07, 6.45) is 0. The van der Waals surface area contributed by atoms with Gasteiger partial charge in [-0.15, -0.1) is 0 Å². The largest absolute Gasteiger partial charge is 0.437 e. The fourth-order valence-corrected chi connectivity index (χ4v) is 2.10. The van der Waals surface area contributed by atoms with Crippen molar-refractivity contribution >= 4 is 33.2 Å². The Balaban J connectivity index is 2.38. The Morgan fingerprint density at radius 2 is 2.16 bits per heavy atom. The van der Waals surface area contributed by atoms with Crippen molar-refractivity contribution in [3.05, 3.63) is 49.8 Å². The lowest BCUT2D eigenvalue weighted by molar-refractivity contribution is -0.385. The first kappa shape index (κ1) is 13.7. The molecule has 0 spiro atoms. The highest BCUT2D eigenvalue weighted by atomic mass is 79.9. The third kappa shape index (κ3) is 3.18. The molecule has 0 aliphatic heterocycles. The Bertz CT molecular complexity index is 631. The zero-order chi connectivity index (χ0) is 14.0. The van der Waals surface area contributed by atoms with E-state index >= 15 is 0 Å². The molecule has 0 fully saturated rings. The Kier molecular flexibility index (Phi) is 3.96. The summed E-state index contributed by atoms with van der Waals surface area (Å²) in [6, 6.07) is 6.06. The van der Waals surface area contributed by atoms with Crippen LogP contribution < -0.4 is 4.74 Å². The molecule has 19 heavy (non-hydrogen) atoms. The minimum absolute atomic E-state index is 0.0524. The molecule has 0 N–H and O–H groups in total. The zero-order valence-electron chi connectivity index (χ0n) is 9.63. The Morgan fingerprint density at radius 1 is 1.42 bits per heavy atom. The van der Waals surface area contributed by atoms with Gasteiger partial charge in [0.1, 0.15) is 4.47 Å². The summed E-state index contributed by atoms with van der Waals surface area (Å²) in [5.41, 5.74) is 0.547. The topological polar surface area (TPSA) is 78.2 Å². The monoisotopic (exact) mass is 343 g/mol. The smallest absolute Gasteiger partial charge is 0.287 e. The normalized spacial score (nSPS) is 10.3. The molecule has 0 saturated carbocycles. The van der Waals surface area contributed by atoms with Gasteiger partial charge in [-0.2, -0.15) is 4.98 Å². The molecular weight excluding hydrogens is 337 g/mol. The minimum atomic E-state index is -0.505. The van der Waals surface area contributed by atoms with Gasteiger partial charge in [-0.1, -0.05) is 6.07 Å². The van der Waals surface area contributed by atoms with Crippen molar-refractivity contribution in [3.8, 4) is 11.6 Å². The molecule has 0 amide bonds. The zero-order valence-corrected chi connectivity index (χ0v) is 12.0. The molecule has 6 nitrogen and oxygen atoms in total. The summed E-state index contributed by atoms with van der Waals surface area (Å²) in [4.78, 5) is 18.1. The number of aryl methyl sites for hydroxylation is 1. The van der Waals surface area contributed by atoms with Crippen molar-refractivity contribution in [2.24, 2.45) is 0 Å². The van der Waals surface area contributed by atoms with Crippen molar-refractivity contribution in [2.45, 2.75) is 6.92 Å². The Morgan fingerprint density at radius 3 is 2.79 bits per heavy atom. The predicted molar refractivity (Wildman–Crippen MR) is 72.6 cm³/mol. The van der Waals surface area contributed by atoms with Crippen LogP contribution in [0.4, 0.5) is 5.69 Å². The molecule has 8 heteroatoms. The first-order chi connectivity index (χ1) is 8.97. The molecule has 1 heterocycles. The molecule has 2 rings (SSSR count). The van der Waals surface area contributed by atoms with Crippen molar-refractivity contribution in [3.63, 3.8) is 0 Å². The van der Waals surface area contributed by atoms with Crippen LogP contribution in [0.1, 0.15) is 5.69 Å². The summed E-state index contributed by atoms with van der Waals surface area (Å²) in [6.45, 7) is 1.74. The second-order valence-corrected chi connectivity index (χ2v) is 4.70. The molecule has 0 bridgehead atoms. The number of nitrogens with zero attached hydrogens (tertiary/aromatic N) is 3. The SMILES string of the molecule is Cc1cc(Oc2cccc([N+](=O)[O-])c2Br)nc(Cl)n1. The van der Waals surface area contributed by atoms with E-state index in [-0.39, 0.29) is 27.1 Å². The van der Waals surface area contributed by atoms with E-state index < -0.39 is 4.92 Å². The summed E-state index contributed by atoms with van der Waals surface area (Å²) >= 11 is 8.85. The van der Waals surface area contributed by atoms with Crippen molar-refractivity contribution < 1.29 is 9.66 Å². The van der Waals surface area contributed by atoms with Crippen molar-refractivity contribution in [1.82, 2.24) is 9.97 Å². The number of nitro groups is 1. The van der Waals surface area contributed by atoms with Crippen LogP contribution in [0.2, 0.25) is 5.28 Å². The van der Waals surface area contributed by atoms with Gasteiger partial charge in [0.15, 0.2) is 5.75 Å². The van der Waals surface area contributed by atoms with Gasteiger partial charge < -0.3 is 4.74 Å². The Labute approximate surface area is 121 Å². The van der Waals surface area contributed by atoms with Crippen LogP contribution >= 0.6 is 27.5 Å². The van der Waals surface area contributed by atoms with Crippen LogP contribution in [0, 0.1) is 17.0 Å². The highest BCUT2D eigenvalue weighted by Crippen LogP contribution is 2.36. The maximum absolute atomic E-state index is 10.8. The Hall–Kier alpha value is -1.73. The van der Waals surface area contributed by atoms with Gasteiger partial charge in [0.25, 0.3) is 5.69 Å². The molecule has 1 aromatic heterocycles. The fourth-order valence-electron chi connectivity index (χ4n) is 1.39. The first-order valence-electron chi connectivity index (χ1n) is 5.09. The number of aromatic nitrogens is 2. The van der Waals surface area contributed by atoms with Gasteiger partial charge in [0, 0.05) is 17.8 Å². The first-order valence-corrected chi connectivity index (χ1v) is 6.26. The number of nitro benzene ring substituents is 1. The molecule has 2 aromatic rings. The van der Waals surface area contributed by atoms with E-state index in [2.05, 4.69) is 25.9 Å². The van der Waals surface area contributed by atoms with Crippen LogP contribution in [0.5, 0.6) is 11.6 Å². The third-order valence-electron chi connectivity index (χ3n) is 2.16. The standard InChI is InChI=1S/C11H7BrClN3O3/c1-6-5-9(15-11(13)14-6)19-8-4-2-3-7(10(8)12)16(17)18/h2-5H,1H3. The van der Waals surface area contributed by atoms with E-state index in [4.69, 9.17) is 16.3 Å². The molecular formula is C11H7BrClN3O3. The summed E-state index contributed by atoms with van der Waals surface area (Å²) in [7, 11) is 0. The highest BCUT2D eigenvalue weighted by molar-refractivity contribution is 9.10. The van der Waals surface area contributed by atoms with Crippen molar-refractivity contribution in [2.75, 3.05) is 0 Å². The number of hydrogen-bond acceptors (Lipinski definition) is 5. The van der Waals surface area contributed by atoms with Gasteiger partial charge in [-0.05, 0) is 40.5 Å². The lowest BCUT2D eigenvalue weighted by atomic mass is 10.3. The number of hydrogen-bond donors (Lipinski definition) is 0. The van der Waals surface area contributed by atoms with E-state index in [1.807, 2.05) is 0 Å². The highest BCUT2D eigenvalue weighted by Gasteiger charge is 2.17. The summed E-state index contributed by atoms with van der Waals surface area (Å²) < 4.78 is 5.72. The van der Waals surface area contributed by atoms with Gasteiger partial charge >= 0.3 is 0 Å². The lowest BCUT2D eigenvalue weighted by Gasteiger charge is -2.07. The quantitative estimate of drug-likeness (QED) is 0.479. The molecule has 1 aromatic carbocycles. The lowest BCUT2D eigenvalue weighted by Crippen LogP contribution is -1.95. The van der Waals surface area contributed by atoms with Gasteiger partial charge in [0.05, 0.1) is 4.92 Å². The van der Waals surface area contributed by atoms with Gasteiger partial charge in [-0.25, -0.2) is 4.98 Å². The second kappa shape index (κ2) is 5.50. The second-order valence-electron chi connectivity index (χ2n) is 3.57. The van der Waals surface area contributed by atoms with Gasteiger partial charge in [0.2, 0.25) is 11.2 Å². The number of benzene rings is 1. The van der Waals surface area contributed by atoms with E-state index in [0.29, 0.717) is 5.69 Å². The number of rotatable bonds is 3. The molecule has 0 saturated heterocycles. The average Bonchev–Trinajstić information content (AvgIpc) is 2.30.